The van der Waals surface area contributed by atoms with Gasteiger partial charge in [0.25, 0.3) is 0 Å². The van der Waals surface area contributed by atoms with E-state index in [4.69, 9.17) is 4.84 Å². The highest BCUT2D eigenvalue weighted by atomic mass is 16.7. The number of hydrogen-bond acceptors (Lipinski definition) is 3. The monoisotopic (exact) mass is 214 g/mol. The van der Waals surface area contributed by atoms with Crippen LogP contribution in [0.3, 0.4) is 0 Å². The Hall–Kier alpha value is -0.770. The average molecular weight is 214 g/mol. The SMILES string of the molecule is CNC(=O)ON1C(C)(C)CCCC1(C)C. The van der Waals surface area contributed by atoms with E-state index in [2.05, 4.69) is 33.0 Å². The zero-order valence-corrected chi connectivity index (χ0v) is 10.4. The number of nitrogens with zero attached hydrogens (tertiary/aromatic N) is 1. The maximum absolute atomic E-state index is 11.3. The van der Waals surface area contributed by atoms with E-state index in [1.165, 1.54) is 6.42 Å². The highest BCUT2D eigenvalue weighted by molar-refractivity contribution is 5.66. The number of hydrogen-bond donors (Lipinski definition) is 1. The third-order valence-corrected chi connectivity index (χ3v) is 3.06. The number of carbonyl (C=O) groups is 1. The van der Waals surface area contributed by atoms with Gasteiger partial charge >= 0.3 is 6.09 Å². The quantitative estimate of drug-likeness (QED) is 0.728. The van der Waals surface area contributed by atoms with Crippen LogP contribution in [0.5, 0.6) is 0 Å². The Bertz CT molecular complexity index is 233. The predicted molar refractivity (Wildman–Crippen MR) is 59.4 cm³/mol. The standard InChI is InChI=1S/C11H22N2O2/c1-10(2)7-6-8-11(3,4)13(10)15-9(14)12-5/h6-8H2,1-5H3,(H,12,14). The van der Waals surface area contributed by atoms with Gasteiger partial charge in [0.05, 0.1) is 11.1 Å². The summed E-state index contributed by atoms with van der Waals surface area (Å²) in [6.07, 6.45) is 2.88. The molecule has 1 amide bonds. The molecule has 1 rings (SSSR count). The molecular formula is C11H22N2O2. The third kappa shape index (κ3) is 2.62. The molecule has 1 N–H and O–H groups in total. The molecule has 4 heteroatoms. The molecule has 0 aromatic heterocycles. The molecule has 1 heterocycles. The Morgan fingerprint density at radius 2 is 1.67 bits per heavy atom. The summed E-state index contributed by atoms with van der Waals surface area (Å²) in [5.74, 6) is 0. The fourth-order valence-electron chi connectivity index (χ4n) is 2.35. The molecule has 0 radical (unpaired) electrons. The van der Waals surface area contributed by atoms with Gasteiger partial charge in [0, 0.05) is 7.05 Å². The van der Waals surface area contributed by atoms with Gasteiger partial charge in [-0.3, -0.25) is 0 Å². The van der Waals surface area contributed by atoms with Gasteiger partial charge in [-0.05, 0) is 47.0 Å². The van der Waals surface area contributed by atoms with Crippen molar-refractivity contribution < 1.29 is 9.63 Å². The second-order valence-corrected chi connectivity index (χ2v) is 5.40. The lowest BCUT2D eigenvalue weighted by molar-refractivity contribution is -0.238. The zero-order valence-electron chi connectivity index (χ0n) is 10.4. The molecule has 0 bridgehead atoms. The normalized spacial score (nSPS) is 24.6. The second-order valence-electron chi connectivity index (χ2n) is 5.40. The van der Waals surface area contributed by atoms with Crippen LogP contribution in [0.15, 0.2) is 0 Å². The summed E-state index contributed by atoms with van der Waals surface area (Å²) in [4.78, 5) is 16.6. The minimum Gasteiger partial charge on any atom is -0.350 e. The van der Waals surface area contributed by atoms with Crippen LogP contribution in [0, 0.1) is 0 Å². The van der Waals surface area contributed by atoms with E-state index in [1.54, 1.807) is 7.05 Å². The van der Waals surface area contributed by atoms with Crippen molar-refractivity contribution in [1.29, 1.82) is 0 Å². The summed E-state index contributed by atoms with van der Waals surface area (Å²) in [6.45, 7) is 8.43. The van der Waals surface area contributed by atoms with E-state index in [9.17, 15) is 4.79 Å². The van der Waals surface area contributed by atoms with Gasteiger partial charge in [-0.15, -0.1) is 5.06 Å². The molecule has 0 aromatic rings. The third-order valence-electron chi connectivity index (χ3n) is 3.06. The average Bonchev–Trinajstić information content (AvgIpc) is 2.10. The Balaban J connectivity index is 2.81. The van der Waals surface area contributed by atoms with Crippen molar-refractivity contribution in [3.63, 3.8) is 0 Å². The first kappa shape index (κ1) is 12.3. The molecule has 0 spiro atoms. The van der Waals surface area contributed by atoms with E-state index in [1.807, 2.05) is 5.06 Å². The van der Waals surface area contributed by atoms with Crippen molar-refractivity contribution >= 4 is 6.09 Å². The van der Waals surface area contributed by atoms with Crippen molar-refractivity contribution in [3.05, 3.63) is 0 Å². The van der Waals surface area contributed by atoms with Gasteiger partial charge in [0.2, 0.25) is 0 Å². The molecule has 88 valence electrons. The van der Waals surface area contributed by atoms with Gasteiger partial charge in [0.1, 0.15) is 0 Å². The maximum Gasteiger partial charge on any atom is 0.426 e. The molecule has 0 atom stereocenters. The lowest BCUT2D eigenvalue weighted by Gasteiger charge is -2.50. The molecule has 0 aromatic carbocycles. The summed E-state index contributed by atoms with van der Waals surface area (Å²) in [5.41, 5.74) is -0.178. The van der Waals surface area contributed by atoms with Gasteiger partial charge < -0.3 is 10.2 Å². The molecule has 0 unspecified atom stereocenters. The zero-order chi connectivity index (χ0) is 11.7. The van der Waals surface area contributed by atoms with E-state index >= 15 is 0 Å². The Kier molecular flexibility index (Phi) is 3.28. The number of piperidine rings is 1. The molecule has 1 saturated heterocycles. The lowest BCUT2D eigenvalue weighted by Crippen LogP contribution is -2.59. The Labute approximate surface area is 91.9 Å². The number of amides is 1. The van der Waals surface area contributed by atoms with E-state index in [0.29, 0.717) is 0 Å². The fraction of sp³-hybridized carbons (Fsp3) is 0.909. The molecule has 0 aliphatic carbocycles. The summed E-state index contributed by atoms with van der Waals surface area (Å²) < 4.78 is 0. The number of nitrogens with one attached hydrogen (secondary N) is 1. The van der Waals surface area contributed by atoms with Crippen LogP contribution in [0.1, 0.15) is 47.0 Å². The highest BCUT2D eigenvalue weighted by Gasteiger charge is 2.44. The number of carbonyl (C=O) groups excluding carboxylic acids is 1. The topological polar surface area (TPSA) is 41.6 Å². The molecule has 1 fully saturated rings. The fourth-order valence-corrected chi connectivity index (χ4v) is 2.35. The highest BCUT2D eigenvalue weighted by Crippen LogP contribution is 2.38. The van der Waals surface area contributed by atoms with Gasteiger partial charge in [-0.25, -0.2) is 4.79 Å². The van der Waals surface area contributed by atoms with Gasteiger partial charge in [0.15, 0.2) is 0 Å². The first-order chi connectivity index (χ1) is 6.79. The molecular weight excluding hydrogens is 192 g/mol. The van der Waals surface area contributed by atoms with Gasteiger partial charge in [-0.2, -0.15) is 0 Å². The summed E-state index contributed by atoms with van der Waals surface area (Å²) in [7, 11) is 1.58. The summed E-state index contributed by atoms with van der Waals surface area (Å²) >= 11 is 0. The van der Waals surface area contributed by atoms with Crippen LogP contribution >= 0.6 is 0 Å². The molecule has 1 aliphatic rings. The van der Waals surface area contributed by atoms with Crippen LogP contribution in [-0.2, 0) is 4.84 Å². The smallest absolute Gasteiger partial charge is 0.350 e. The largest absolute Gasteiger partial charge is 0.426 e. The van der Waals surface area contributed by atoms with E-state index < -0.39 is 6.09 Å². The van der Waals surface area contributed by atoms with Crippen LogP contribution in [-0.4, -0.2) is 29.3 Å². The Morgan fingerprint density at radius 3 is 2.07 bits per heavy atom. The molecule has 0 saturated carbocycles. The molecule has 4 nitrogen and oxygen atoms in total. The van der Waals surface area contributed by atoms with Crippen LogP contribution in [0.4, 0.5) is 4.79 Å². The van der Waals surface area contributed by atoms with Gasteiger partial charge in [-0.1, -0.05) is 0 Å². The first-order valence-electron chi connectivity index (χ1n) is 5.50. The summed E-state index contributed by atoms with van der Waals surface area (Å²) in [6, 6.07) is 0. The minimum absolute atomic E-state index is 0.0890. The van der Waals surface area contributed by atoms with Crippen LogP contribution in [0.2, 0.25) is 0 Å². The van der Waals surface area contributed by atoms with E-state index in [0.717, 1.165) is 12.8 Å². The molecule has 15 heavy (non-hydrogen) atoms. The minimum atomic E-state index is -0.391. The number of rotatable bonds is 1. The van der Waals surface area contributed by atoms with Crippen molar-refractivity contribution in [2.45, 2.75) is 58.0 Å². The van der Waals surface area contributed by atoms with Crippen molar-refractivity contribution in [3.8, 4) is 0 Å². The van der Waals surface area contributed by atoms with E-state index in [-0.39, 0.29) is 11.1 Å². The second kappa shape index (κ2) is 4.00. The first-order valence-corrected chi connectivity index (χ1v) is 5.50. The predicted octanol–water partition coefficient (Wildman–Crippen LogP) is 2.30. The van der Waals surface area contributed by atoms with Crippen molar-refractivity contribution in [2.24, 2.45) is 0 Å². The van der Waals surface area contributed by atoms with Crippen molar-refractivity contribution in [2.75, 3.05) is 7.05 Å². The van der Waals surface area contributed by atoms with Crippen molar-refractivity contribution in [1.82, 2.24) is 10.4 Å². The van der Waals surface area contributed by atoms with Crippen LogP contribution < -0.4 is 5.32 Å². The Morgan fingerprint density at radius 1 is 1.20 bits per heavy atom. The number of hydroxylamine groups is 2. The summed E-state index contributed by atoms with van der Waals surface area (Å²) in [5, 5.41) is 4.32. The van der Waals surface area contributed by atoms with Crippen LogP contribution in [0.25, 0.3) is 0 Å². The molecule has 1 aliphatic heterocycles. The maximum atomic E-state index is 11.3. The lowest BCUT2D eigenvalue weighted by atomic mass is 9.82.